The summed E-state index contributed by atoms with van der Waals surface area (Å²) in [7, 11) is 0. The molecule has 2 atom stereocenters. The monoisotopic (exact) mass is 465 g/mol. The number of halogens is 1. The molecule has 2 amide bonds. The lowest BCUT2D eigenvalue weighted by Crippen LogP contribution is -2.30. The van der Waals surface area contributed by atoms with E-state index in [1.54, 1.807) is 30.0 Å². The molecule has 0 radical (unpaired) electrons. The molecular formula is C26H28FN3O2S. The lowest BCUT2D eigenvalue weighted by atomic mass is 10.0. The number of amides is 2. The number of hydrogen-bond donors (Lipinski definition) is 2. The van der Waals surface area contributed by atoms with Gasteiger partial charge in [-0.2, -0.15) is 11.8 Å². The first-order chi connectivity index (χ1) is 16.0. The normalized spacial score (nSPS) is 14.8. The van der Waals surface area contributed by atoms with Gasteiger partial charge < -0.3 is 15.2 Å². The second-order valence-corrected chi connectivity index (χ2v) is 9.29. The minimum absolute atomic E-state index is 0.0960. The highest BCUT2D eigenvalue weighted by Crippen LogP contribution is 2.28. The van der Waals surface area contributed by atoms with Crippen LogP contribution < -0.4 is 10.6 Å². The van der Waals surface area contributed by atoms with Gasteiger partial charge in [0.2, 0.25) is 0 Å². The van der Waals surface area contributed by atoms with Gasteiger partial charge in [0, 0.05) is 23.7 Å². The smallest absolute Gasteiger partial charge is 0.268 e. The van der Waals surface area contributed by atoms with Crippen molar-refractivity contribution < 1.29 is 14.0 Å². The molecule has 0 bridgehead atoms. The Morgan fingerprint density at radius 2 is 1.76 bits per heavy atom. The van der Waals surface area contributed by atoms with Crippen LogP contribution >= 0.6 is 11.8 Å². The Hall–Kier alpha value is -3.06. The first-order valence-electron chi connectivity index (χ1n) is 11.2. The second-order valence-electron chi connectivity index (χ2n) is 8.19. The van der Waals surface area contributed by atoms with Crippen LogP contribution in [0.15, 0.2) is 60.7 Å². The molecular weight excluding hydrogens is 437 g/mol. The molecule has 5 nitrogen and oxygen atoms in total. The first kappa shape index (κ1) is 23.1. The van der Waals surface area contributed by atoms with Gasteiger partial charge in [0.05, 0.1) is 17.6 Å². The highest BCUT2D eigenvalue weighted by atomic mass is 32.2. The van der Waals surface area contributed by atoms with E-state index < -0.39 is 0 Å². The minimum Gasteiger partial charge on any atom is -0.345 e. The molecule has 1 aliphatic heterocycles. The molecule has 0 saturated heterocycles. The fourth-order valence-electron chi connectivity index (χ4n) is 4.16. The van der Waals surface area contributed by atoms with Crippen LogP contribution in [0.2, 0.25) is 0 Å². The summed E-state index contributed by atoms with van der Waals surface area (Å²) in [6, 6.07) is 17.3. The summed E-state index contributed by atoms with van der Waals surface area (Å²) in [6.45, 7) is 4.58. The fourth-order valence-corrected chi connectivity index (χ4v) is 5.12. The van der Waals surface area contributed by atoms with Gasteiger partial charge in [0.25, 0.3) is 11.8 Å². The van der Waals surface area contributed by atoms with Crippen molar-refractivity contribution in [1.82, 2.24) is 15.2 Å². The molecule has 1 aromatic heterocycles. The number of hydrogen-bond acceptors (Lipinski definition) is 3. The molecule has 3 aromatic rings. The number of carbonyl (C=O) groups excluding carboxylic acids is 2. The number of carbonyl (C=O) groups is 2. The number of thioether (sulfide) groups is 1. The van der Waals surface area contributed by atoms with E-state index >= 15 is 0 Å². The zero-order valence-corrected chi connectivity index (χ0v) is 19.6. The van der Waals surface area contributed by atoms with Gasteiger partial charge in [0.15, 0.2) is 0 Å². The highest BCUT2D eigenvalue weighted by molar-refractivity contribution is 7.98. The van der Waals surface area contributed by atoms with E-state index in [1.807, 2.05) is 48.7 Å². The Bertz CT molecular complexity index is 1130. The number of rotatable bonds is 7. The zero-order chi connectivity index (χ0) is 23.4. The third-order valence-electron chi connectivity index (χ3n) is 6.02. The number of nitrogens with zero attached hydrogens (tertiary/aromatic N) is 1. The van der Waals surface area contributed by atoms with E-state index in [-0.39, 0.29) is 29.7 Å². The van der Waals surface area contributed by atoms with Crippen molar-refractivity contribution in [3.05, 3.63) is 94.6 Å². The lowest BCUT2D eigenvalue weighted by Gasteiger charge is -2.21. The van der Waals surface area contributed by atoms with Gasteiger partial charge in [-0.25, -0.2) is 4.39 Å². The van der Waals surface area contributed by atoms with Gasteiger partial charge in [-0.15, -0.1) is 0 Å². The molecule has 2 N–H and O–H groups in total. The third kappa shape index (κ3) is 5.14. The molecule has 0 unspecified atom stereocenters. The van der Waals surface area contributed by atoms with E-state index in [0.29, 0.717) is 23.6 Å². The summed E-state index contributed by atoms with van der Waals surface area (Å²) in [5.74, 6) is 0.854. The number of fused-ring (bicyclic) bond motifs is 1. The van der Waals surface area contributed by atoms with Gasteiger partial charge in [-0.05, 0) is 42.7 Å². The zero-order valence-electron chi connectivity index (χ0n) is 18.8. The van der Waals surface area contributed by atoms with Crippen molar-refractivity contribution in [2.75, 3.05) is 5.75 Å². The summed E-state index contributed by atoms with van der Waals surface area (Å²) in [4.78, 5) is 26.4. The Labute approximate surface area is 197 Å². The maximum absolute atomic E-state index is 13.3. The molecule has 7 heteroatoms. The first-order valence-corrected chi connectivity index (χ1v) is 12.4. The molecule has 0 fully saturated rings. The van der Waals surface area contributed by atoms with Crippen LogP contribution in [0, 0.1) is 5.82 Å². The van der Waals surface area contributed by atoms with E-state index in [2.05, 4.69) is 10.6 Å². The molecule has 0 saturated carbocycles. The van der Waals surface area contributed by atoms with Crippen molar-refractivity contribution in [2.45, 2.75) is 44.6 Å². The predicted octanol–water partition coefficient (Wildman–Crippen LogP) is 5.25. The van der Waals surface area contributed by atoms with Crippen molar-refractivity contribution >= 4 is 23.6 Å². The molecule has 172 valence electrons. The number of benzene rings is 2. The van der Waals surface area contributed by atoms with Crippen LogP contribution in [0.1, 0.15) is 70.0 Å². The van der Waals surface area contributed by atoms with Crippen molar-refractivity contribution in [2.24, 2.45) is 0 Å². The minimum atomic E-state index is -0.313. The second kappa shape index (κ2) is 10.3. The van der Waals surface area contributed by atoms with E-state index in [0.717, 1.165) is 29.0 Å². The average Bonchev–Trinajstić information content (AvgIpc) is 3.23. The van der Waals surface area contributed by atoms with Crippen LogP contribution in [-0.2, 0) is 12.3 Å². The Morgan fingerprint density at radius 3 is 2.45 bits per heavy atom. The topological polar surface area (TPSA) is 63.1 Å². The molecule has 2 aromatic carbocycles. The van der Waals surface area contributed by atoms with Crippen LogP contribution in [0.4, 0.5) is 4.39 Å². The van der Waals surface area contributed by atoms with Gasteiger partial charge in [0.1, 0.15) is 11.5 Å². The Kier molecular flexibility index (Phi) is 7.18. The summed E-state index contributed by atoms with van der Waals surface area (Å²) in [5.41, 5.74) is 3.79. The summed E-state index contributed by atoms with van der Waals surface area (Å²) < 4.78 is 15.2. The molecule has 33 heavy (non-hydrogen) atoms. The maximum Gasteiger partial charge on any atom is 0.268 e. The van der Waals surface area contributed by atoms with E-state index in [1.165, 1.54) is 12.1 Å². The predicted molar refractivity (Wildman–Crippen MR) is 130 cm³/mol. The fraction of sp³-hybridized carbons (Fsp3) is 0.308. The van der Waals surface area contributed by atoms with Gasteiger partial charge in [-0.3, -0.25) is 9.59 Å². The Balaban J connectivity index is 1.56. The van der Waals surface area contributed by atoms with Crippen LogP contribution in [0.5, 0.6) is 0 Å². The van der Waals surface area contributed by atoms with E-state index in [9.17, 15) is 14.0 Å². The van der Waals surface area contributed by atoms with Crippen molar-refractivity contribution in [3.8, 4) is 0 Å². The lowest BCUT2D eigenvalue weighted by molar-refractivity contribution is 0.0926. The number of nitrogens with one attached hydrogen (secondary N) is 2. The molecule has 1 aliphatic rings. The van der Waals surface area contributed by atoms with Gasteiger partial charge in [-0.1, -0.05) is 49.4 Å². The Morgan fingerprint density at radius 1 is 1.03 bits per heavy atom. The standard InChI is InChI=1S/C26H28FN3O2S/c1-3-22(19-7-5-4-6-8-19)29-25(31)21-15-23(30-13-14-33-16-24(21)30)26(32)28-17(2)18-9-11-20(27)12-10-18/h4-12,15,17,22H,3,13-14,16H2,1-2H3,(H,28,32)(H,29,31)/t17-,22-/m1/s1. The van der Waals surface area contributed by atoms with E-state index in [4.69, 9.17) is 0 Å². The van der Waals surface area contributed by atoms with Crippen molar-refractivity contribution in [3.63, 3.8) is 0 Å². The van der Waals surface area contributed by atoms with Gasteiger partial charge >= 0.3 is 0 Å². The molecule has 2 heterocycles. The SMILES string of the molecule is CC[C@@H](NC(=O)c1cc(C(=O)N[C@H](C)c2ccc(F)cc2)n2c1CSCC2)c1ccccc1. The highest BCUT2D eigenvalue weighted by Gasteiger charge is 2.27. The third-order valence-corrected chi connectivity index (χ3v) is 6.97. The van der Waals surface area contributed by atoms with Crippen molar-refractivity contribution in [1.29, 1.82) is 0 Å². The van der Waals surface area contributed by atoms with Crippen LogP contribution in [0.25, 0.3) is 0 Å². The molecule has 0 aliphatic carbocycles. The van der Waals surface area contributed by atoms with Crippen LogP contribution in [-0.4, -0.2) is 22.1 Å². The largest absolute Gasteiger partial charge is 0.345 e. The number of aromatic nitrogens is 1. The maximum atomic E-state index is 13.3. The van der Waals surface area contributed by atoms with Crippen LogP contribution in [0.3, 0.4) is 0 Å². The quantitative estimate of drug-likeness (QED) is 0.501. The summed E-state index contributed by atoms with van der Waals surface area (Å²) >= 11 is 1.76. The molecule has 4 rings (SSSR count). The summed E-state index contributed by atoms with van der Waals surface area (Å²) in [6.07, 6.45) is 0.767. The summed E-state index contributed by atoms with van der Waals surface area (Å²) in [5, 5.41) is 6.14. The molecule has 0 spiro atoms. The average molecular weight is 466 g/mol.